The Morgan fingerprint density at radius 3 is 2.36 bits per heavy atom. The van der Waals surface area contributed by atoms with Gasteiger partial charge in [-0.1, -0.05) is 12.1 Å². The molecule has 210 valence electrons. The summed E-state index contributed by atoms with van der Waals surface area (Å²) in [6, 6.07) is 4.35. The summed E-state index contributed by atoms with van der Waals surface area (Å²) < 4.78 is 15.4. The molecule has 1 fully saturated rings. The first kappa shape index (κ1) is 28.7. The van der Waals surface area contributed by atoms with Crippen LogP contribution in [-0.4, -0.2) is 83.1 Å². The third kappa shape index (κ3) is 5.04. The Morgan fingerprint density at radius 1 is 1.08 bits per heavy atom. The lowest BCUT2D eigenvalue weighted by molar-refractivity contribution is -0.211. The Labute approximate surface area is 225 Å². The molecule has 5 atom stereocenters. The van der Waals surface area contributed by atoms with Gasteiger partial charge in [-0.2, -0.15) is 0 Å². The van der Waals surface area contributed by atoms with Crippen LogP contribution in [0.25, 0.3) is 0 Å². The Bertz CT molecular complexity index is 1290. The van der Waals surface area contributed by atoms with Gasteiger partial charge in [0.15, 0.2) is 17.9 Å². The molecular weight excluding hydrogens is 510 g/mol. The van der Waals surface area contributed by atoms with Crippen molar-refractivity contribution < 1.29 is 49.0 Å². The van der Waals surface area contributed by atoms with E-state index in [4.69, 9.17) is 25.1 Å². The van der Waals surface area contributed by atoms with Crippen LogP contribution in [0.1, 0.15) is 62.7 Å². The molecule has 0 radical (unpaired) electrons. The number of ketones is 3. The van der Waals surface area contributed by atoms with Gasteiger partial charge < -0.3 is 40.4 Å². The van der Waals surface area contributed by atoms with Gasteiger partial charge in [-0.25, -0.2) is 0 Å². The Morgan fingerprint density at radius 2 is 1.74 bits per heavy atom. The lowest BCUT2D eigenvalue weighted by atomic mass is 9.75. The van der Waals surface area contributed by atoms with E-state index in [1.165, 1.54) is 13.2 Å². The zero-order valence-electron chi connectivity index (χ0n) is 22.0. The van der Waals surface area contributed by atoms with Crippen LogP contribution >= 0.6 is 0 Å². The number of ether oxygens (including phenoxy) is 3. The molecule has 39 heavy (non-hydrogen) atoms. The molecule has 0 aromatic heterocycles. The predicted octanol–water partition coefficient (Wildman–Crippen LogP) is 1.00. The highest BCUT2D eigenvalue weighted by atomic mass is 16.7. The fraction of sp³-hybridized carbons (Fsp3) is 0.464. The van der Waals surface area contributed by atoms with Crippen molar-refractivity contribution in [2.75, 3.05) is 20.8 Å². The third-order valence-electron chi connectivity index (χ3n) is 7.65. The molecule has 1 heterocycles. The van der Waals surface area contributed by atoms with Crippen molar-refractivity contribution in [3.8, 4) is 17.2 Å². The number of rotatable bonds is 4. The van der Waals surface area contributed by atoms with Gasteiger partial charge in [0.2, 0.25) is 5.78 Å². The monoisotopic (exact) mass is 543 g/mol. The van der Waals surface area contributed by atoms with Gasteiger partial charge in [0.05, 0.1) is 36.0 Å². The fourth-order valence-corrected chi connectivity index (χ4v) is 5.45. The largest absolute Gasteiger partial charge is 0.507 e. The van der Waals surface area contributed by atoms with Gasteiger partial charge in [0, 0.05) is 42.2 Å². The summed E-state index contributed by atoms with van der Waals surface area (Å²) in [4.78, 5) is 38.1. The van der Waals surface area contributed by atoms with Crippen molar-refractivity contribution in [3.05, 3.63) is 51.6 Å². The normalized spacial score (nSPS) is 25.5. The maximum Gasteiger partial charge on any atom is 0.202 e. The van der Waals surface area contributed by atoms with E-state index in [2.05, 4.69) is 0 Å². The molecule has 2 aliphatic carbocycles. The highest BCUT2D eigenvalue weighted by Gasteiger charge is 2.41. The van der Waals surface area contributed by atoms with E-state index in [1.54, 1.807) is 26.2 Å². The number of carbonyl (C=O) groups is 3. The molecule has 0 saturated carbocycles. The highest BCUT2D eigenvalue weighted by molar-refractivity contribution is 6.31. The molecule has 0 spiro atoms. The van der Waals surface area contributed by atoms with Crippen molar-refractivity contribution >= 4 is 17.3 Å². The van der Waals surface area contributed by atoms with Crippen LogP contribution in [0.15, 0.2) is 18.2 Å². The van der Waals surface area contributed by atoms with E-state index in [1.807, 2.05) is 0 Å². The third-order valence-corrected chi connectivity index (χ3v) is 7.65. The standard InChI is InChI=1S/C21H18O7.C7H15NO3/c1-28-14-4-2-3-11-15(14)21(27)17-16(19(11)25)20(26)12-7-9(13(23)8-22)5-6-10(12)18(17)24;1-4-7(9)5(8)3-6(10-2)11-4/h2-4,9,22,24,26H,5-8H2,1H3;4-7,9H,3,8H2,1-2H3/t9-;4?,5-,6-,7?/m01/s1. The molecule has 3 aliphatic rings. The van der Waals surface area contributed by atoms with Crippen molar-refractivity contribution in [1.29, 1.82) is 0 Å². The summed E-state index contributed by atoms with van der Waals surface area (Å²) in [5, 5.41) is 40.1. The SMILES string of the molecule is CO[C@H]1C[C@@H](N)C(O)C(C)O1.COc1cccc2c1C(=O)c1c(O)c3c(c(O)c1C2=O)C[C@@H](C(=O)CO)CC3. The smallest absolute Gasteiger partial charge is 0.202 e. The number of carbonyl (C=O) groups excluding carboxylic acids is 3. The first-order valence-corrected chi connectivity index (χ1v) is 12.7. The summed E-state index contributed by atoms with van der Waals surface area (Å²) in [5.41, 5.74) is 5.93. The summed E-state index contributed by atoms with van der Waals surface area (Å²) >= 11 is 0. The van der Waals surface area contributed by atoms with Gasteiger partial charge >= 0.3 is 0 Å². The molecule has 0 amide bonds. The van der Waals surface area contributed by atoms with Gasteiger partial charge in [-0.05, 0) is 32.3 Å². The van der Waals surface area contributed by atoms with E-state index in [0.29, 0.717) is 18.4 Å². The number of hydrogen-bond donors (Lipinski definition) is 5. The summed E-state index contributed by atoms with van der Waals surface area (Å²) in [7, 11) is 2.95. The predicted molar refractivity (Wildman–Crippen MR) is 137 cm³/mol. The van der Waals surface area contributed by atoms with E-state index in [0.717, 1.165) is 0 Å². The Hall–Kier alpha value is -3.35. The minimum atomic E-state index is -0.609. The van der Waals surface area contributed by atoms with E-state index < -0.39 is 30.2 Å². The Balaban J connectivity index is 0.000000270. The maximum atomic E-state index is 13.1. The Kier molecular flexibility index (Phi) is 8.38. The number of Topliss-reactive ketones (excluding diaryl/α,β-unsaturated/α-hetero) is 1. The summed E-state index contributed by atoms with van der Waals surface area (Å²) in [6.07, 6.45) is 0.211. The van der Waals surface area contributed by atoms with Crippen molar-refractivity contribution in [2.45, 2.75) is 57.1 Å². The molecular formula is C28H33NO10. The number of aliphatic hydroxyl groups excluding tert-OH is 2. The quantitative estimate of drug-likeness (QED) is 0.296. The number of aliphatic hydroxyl groups is 2. The highest BCUT2D eigenvalue weighted by Crippen LogP contribution is 2.47. The van der Waals surface area contributed by atoms with Crippen molar-refractivity contribution in [3.63, 3.8) is 0 Å². The van der Waals surface area contributed by atoms with Crippen LogP contribution in [0.4, 0.5) is 0 Å². The first-order chi connectivity index (χ1) is 18.5. The second-order valence-electron chi connectivity index (χ2n) is 9.91. The first-order valence-electron chi connectivity index (χ1n) is 12.7. The van der Waals surface area contributed by atoms with E-state index in [-0.39, 0.29) is 82.1 Å². The average molecular weight is 544 g/mol. The second-order valence-corrected chi connectivity index (χ2v) is 9.91. The van der Waals surface area contributed by atoms with Crippen LogP contribution in [0.5, 0.6) is 17.2 Å². The number of nitrogens with two attached hydrogens (primary N) is 1. The van der Waals surface area contributed by atoms with Crippen LogP contribution in [0.2, 0.25) is 0 Å². The molecule has 1 saturated heterocycles. The number of phenolic OH excluding ortho intramolecular Hbond substituents is 2. The number of phenols is 2. The molecule has 5 rings (SSSR count). The lowest BCUT2D eigenvalue weighted by Gasteiger charge is -2.35. The van der Waals surface area contributed by atoms with Crippen LogP contribution < -0.4 is 10.5 Å². The molecule has 11 nitrogen and oxygen atoms in total. The van der Waals surface area contributed by atoms with E-state index in [9.17, 15) is 29.7 Å². The molecule has 0 bridgehead atoms. The van der Waals surface area contributed by atoms with Crippen molar-refractivity contribution in [1.82, 2.24) is 0 Å². The molecule has 2 aromatic carbocycles. The van der Waals surface area contributed by atoms with Gasteiger partial charge in [-0.15, -0.1) is 0 Å². The van der Waals surface area contributed by atoms with Gasteiger partial charge in [-0.3, -0.25) is 14.4 Å². The molecule has 11 heteroatoms. The van der Waals surface area contributed by atoms with Crippen molar-refractivity contribution in [2.24, 2.45) is 11.7 Å². The van der Waals surface area contributed by atoms with Gasteiger partial charge in [0.1, 0.15) is 23.9 Å². The number of hydrogen-bond acceptors (Lipinski definition) is 11. The average Bonchev–Trinajstić information content (AvgIpc) is 2.95. The fourth-order valence-electron chi connectivity index (χ4n) is 5.45. The molecule has 1 aliphatic heterocycles. The lowest BCUT2D eigenvalue weighted by Crippen LogP contribution is -2.51. The van der Waals surface area contributed by atoms with Crippen LogP contribution in [-0.2, 0) is 27.1 Å². The van der Waals surface area contributed by atoms with Gasteiger partial charge in [0.25, 0.3) is 0 Å². The zero-order valence-corrected chi connectivity index (χ0v) is 22.0. The molecule has 6 N–H and O–H groups in total. The number of methoxy groups -OCH3 is 2. The number of benzene rings is 2. The second kappa shape index (κ2) is 11.4. The minimum Gasteiger partial charge on any atom is -0.507 e. The molecule has 2 unspecified atom stereocenters. The number of aromatic hydroxyl groups is 2. The van der Waals surface area contributed by atoms with Crippen LogP contribution in [0.3, 0.4) is 0 Å². The summed E-state index contributed by atoms with van der Waals surface area (Å²) in [6.45, 7) is 1.18. The maximum absolute atomic E-state index is 13.1. The van der Waals surface area contributed by atoms with E-state index >= 15 is 0 Å². The summed E-state index contributed by atoms with van der Waals surface area (Å²) in [5.74, 6) is -2.56. The zero-order chi connectivity index (χ0) is 28.6. The molecule has 2 aromatic rings. The van der Waals surface area contributed by atoms with Crippen LogP contribution in [0, 0.1) is 5.92 Å². The topological polar surface area (TPSA) is 186 Å². The minimum absolute atomic E-state index is 0.0568. The number of fused-ring (bicyclic) bond motifs is 3.